The molecule has 92 valence electrons. The molecule has 0 aliphatic rings. The molecule has 0 atom stereocenters. The Bertz CT molecular complexity index is 486. The fourth-order valence-electron chi connectivity index (χ4n) is 1.26. The van der Waals surface area contributed by atoms with Crippen LogP contribution in [0.25, 0.3) is 10.4 Å². The van der Waals surface area contributed by atoms with Crippen molar-refractivity contribution < 1.29 is 0 Å². The summed E-state index contributed by atoms with van der Waals surface area (Å²) < 4.78 is 3.32. The molecule has 0 saturated heterocycles. The highest BCUT2D eigenvalue weighted by atomic mass is 79.9. The summed E-state index contributed by atoms with van der Waals surface area (Å²) in [6.45, 7) is 6.10. The van der Waals surface area contributed by atoms with Crippen molar-refractivity contribution in [3.63, 3.8) is 0 Å². The van der Waals surface area contributed by atoms with Gasteiger partial charge in [0.25, 0.3) is 0 Å². The average Bonchev–Trinajstić information content (AvgIpc) is 2.61. The minimum Gasteiger partial charge on any atom is -0.126 e. The van der Waals surface area contributed by atoms with Crippen LogP contribution in [0.2, 0.25) is 0 Å². The Morgan fingerprint density at radius 3 is 1.82 bits per heavy atom. The highest BCUT2D eigenvalue weighted by Crippen LogP contribution is 2.46. The van der Waals surface area contributed by atoms with Crippen LogP contribution < -0.4 is 0 Å². The maximum absolute atomic E-state index is 3.59. The molecule has 0 amide bonds. The topological polar surface area (TPSA) is 0 Å². The van der Waals surface area contributed by atoms with Crippen molar-refractivity contribution in [2.75, 3.05) is 0 Å². The minimum atomic E-state index is 1.09. The lowest BCUT2D eigenvalue weighted by Crippen LogP contribution is -1.74. The SMILES string of the molecule is CC.Cc1ccc(-c2sc(Br)c(Br)c2Br)cc1. The number of hydrogen-bond acceptors (Lipinski definition) is 1. The molecule has 2 aromatic rings. The van der Waals surface area contributed by atoms with Gasteiger partial charge in [-0.3, -0.25) is 0 Å². The van der Waals surface area contributed by atoms with E-state index in [1.165, 1.54) is 16.0 Å². The standard InChI is InChI=1S/C11H7Br3S.C2H6/c1-6-2-4-7(5-3-6)10-8(12)9(13)11(14)15-10;1-2/h2-5H,1H3;1-2H3. The fraction of sp³-hybridized carbons (Fsp3) is 0.231. The van der Waals surface area contributed by atoms with E-state index < -0.39 is 0 Å². The van der Waals surface area contributed by atoms with Gasteiger partial charge in [-0.2, -0.15) is 0 Å². The van der Waals surface area contributed by atoms with Gasteiger partial charge in [0.15, 0.2) is 0 Å². The van der Waals surface area contributed by atoms with Crippen LogP contribution in [0.5, 0.6) is 0 Å². The first-order valence-corrected chi connectivity index (χ1v) is 8.49. The molecule has 0 unspecified atom stereocenters. The smallest absolute Gasteiger partial charge is 0.0858 e. The molecule has 0 fully saturated rings. The van der Waals surface area contributed by atoms with Gasteiger partial charge in [-0.1, -0.05) is 43.7 Å². The zero-order chi connectivity index (χ0) is 13.0. The van der Waals surface area contributed by atoms with E-state index in [1.807, 2.05) is 13.8 Å². The van der Waals surface area contributed by atoms with Crippen LogP contribution in [0.15, 0.2) is 37.0 Å². The van der Waals surface area contributed by atoms with E-state index >= 15 is 0 Å². The summed E-state index contributed by atoms with van der Waals surface area (Å²) in [7, 11) is 0. The number of thiophene rings is 1. The van der Waals surface area contributed by atoms with Gasteiger partial charge >= 0.3 is 0 Å². The van der Waals surface area contributed by atoms with Gasteiger partial charge in [0.05, 0.1) is 17.6 Å². The second-order valence-electron chi connectivity index (χ2n) is 3.20. The van der Waals surface area contributed by atoms with Crippen LogP contribution in [0.1, 0.15) is 19.4 Å². The quantitative estimate of drug-likeness (QED) is 0.446. The van der Waals surface area contributed by atoms with E-state index in [4.69, 9.17) is 0 Å². The maximum atomic E-state index is 3.59. The zero-order valence-corrected chi connectivity index (χ0v) is 15.4. The summed E-state index contributed by atoms with van der Waals surface area (Å²) in [5.74, 6) is 0. The third-order valence-electron chi connectivity index (χ3n) is 2.07. The number of rotatable bonds is 1. The maximum Gasteiger partial charge on any atom is 0.0858 e. The lowest BCUT2D eigenvalue weighted by molar-refractivity contribution is 1.47. The highest BCUT2D eigenvalue weighted by Gasteiger charge is 2.13. The zero-order valence-electron chi connectivity index (χ0n) is 9.85. The number of hydrogen-bond donors (Lipinski definition) is 0. The molecule has 1 aromatic carbocycles. The molecule has 1 heterocycles. The van der Waals surface area contributed by atoms with Crippen molar-refractivity contribution in [2.45, 2.75) is 20.8 Å². The van der Waals surface area contributed by atoms with E-state index in [9.17, 15) is 0 Å². The lowest BCUT2D eigenvalue weighted by Gasteiger charge is -1.99. The Hall–Kier alpha value is 0.360. The lowest BCUT2D eigenvalue weighted by atomic mass is 10.1. The van der Waals surface area contributed by atoms with Crippen molar-refractivity contribution in [3.8, 4) is 10.4 Å². The Labute approximate surface area is 132 Å². The molecule has 0 aliphatic carbocycles. The minimum absolute atomic E-state index is 1.09. The first-order valence-electron chi connectivity index (χ1n) is 5.30. The summed E-state index contributed by atoms with van der Waals surface area (Å²) in [6, 6.07) is 8.54. The van der Waals surface area contributed by atoms with Crippen molar-refractivity contribution in [1.29, 1.82) is 0 Å². The second kappa shape index (κ2) is 7.07. The summed E-state index contributed by atoms with van der Waals surface area (Å²) in [5.41, 5.74) is 2.52. The molecule has 0 radical (unpaired) electrons. The predicted molar refractivity (Wildman–Crippen MR) is 88.9 cm³/mol. The van der Waals surface area contributed by atoms with E-state index in [-0.39, 0.29) is 0 Å². The number of benzene rings is 1. The fourth-order valence-corrected chi connectivity index (χ4v) is 4.40. The van der Waals surface area contributed by atoms with Crippen molar-refractivity contribution in [2.24, 2.45) is 0 Å². The van der Waals surface area contributed by atoms with E-state index in [1.54, 1.807) is 11.3 Å². The molecule has 2 rings (SSSR count). The molecule has 0 nitrogen and oxygen atoms in total. The highest BCUT2D eigenvalue weighted by molar-refractivity contribution is 9.14. The summed E-state index contributed by atoms with van der Waals surface area (Å²) in [6.07, 6.45) is 0. The summed E-state index contributed by atoms with van der Waals surface area (Å²) >= 11 is 12.4. The van der Waals surface area contributed by atoms with Crippen molar-refractivity contribution in [1.82, 2.24) is 0 Å². The molecule has 17 heavy (non-hydrogen) atoms. The van der Waals surface area contributed by atoms with E-state index in [0.717, 1.165) is 12.7 Å². The van der Waals surface area contributed by atoms with Crippen LogP contribution in [0, 0.1) is 6.92 Å². The van der Waals surface area contributed by atoms with Gasteiger partial charge in [-0.15, -0.1) is 11.3 Å². The molecule has 0 spiro atoms. The monoisotopic (exact) mass is 438 g/mol. The van der Waals surface area contributed by atoms with Crippen LogP contribution >= 0.6 is 59.1 Å². The number of aryl methyl sites for hydroxylation is 1. The second-order valence-corrected chi connectivity index (χ2v) is 7.12. The molecule has 1 aromatic heterocycles. The van der Waals surface area contributed by atoms with Gasteiger partial charge < -0.3 is 0 Å². The largest absolute Gasteiger partial charge is 0.126 e. The third kappa shape index (κ3) is 3.66. The molecule has 0 N–H and O–H groups in total. The van der Waals surface area contributed by atoms with Crippen molar-refractivity contribution >= 4 is 59.1 Å². The van der Waals surface area contributed by atoms with Gasteiger partial charge in [0.2, 0.25) is 0 Å². The Morgan fingerprint density at radius 1 is 0.882 bits per heavy atom. The summed E-state index contributed by atoms with van der Waals surface area (Å²) in [4.78, 5) is 1.24. The molecular weight excluding hydrogens is 428 g/mol. The Kier molecular flexibility index (Phi) is 6.41. The van der Waals surface area contributed by atoms with Gasteiger partial charge in [0, 0.05) is 0 Å². The predicted octanol–water partition coefficient (Wildman–Crippen LogP) is 7.04. The Morgan fingerprint density at radius 2 is 1.41 bits per heavy atom. The van der Waals surface area contributed by atoms with Gasteiger partial charge in [0.1, 0.15) is 0 Å². The van der Waals surface area contributed by atoms with Gasteiger partial charge in [-0.25, -0.2) is 0 Å². The van der Waals surface area contributed by atoms with E-state index in [2.05, 4.69) is 79.0 Å². The van der Waals surface area contributed by atoms with Crippen molar-refractivity contribution in [3.05, 3.63) is 42.6 Å². The van der Waals surface area contributed by atoms with Crippen LogP contribution in [0.4, 0.5) is 0 Å². The molecular formula is C13H13Br3S. The van der Waals surface area contributed by atoms with E-state index in [0.29, 0.717) is 0 Å². The van der Waals surface area contributed by atoms with Crippen LogP contribution in [-0.2, 0) is 0 Å². The number of halogens is 3. The van der Waals surface area contributed by atoms with Crippen LogP contribution in [0.3, 0.4) is 0 Å². The first kappa shape index (κ1) is 15.4. The molecule has 0 saturated carbocycles. The first-order chi connectivity index (χ1) is 8.09. The molecule has 0 bridgehead atoms. The van der Waals surface area contributed by atoms with Gasteiger partial charge in [-0.05, 0) is 60.3 Å². The molecule has 4 heteroatoms. The third-order valence-corrected chi connectivity index (χ3v) is 7.15. The Balaban J connectivity index is 0.000000686. The normalized spacial score (nSPS) is 9.76. The van der Waals surface area contributed by atoms with Crippen LogP contribution in [-0.4, -0.2) is 0 Å². The summed E-state index contributed by atoms with van der Waals surface area (Å²) in [5, 5.41) is 0. The average molecular weight is 441 g/mol. The molecule has 0 aliphatic heterocycles.